The molecule has 4 rings (SSSR count). The third-order valence-electron chi connectivity index (χ3n) is 5.56. The summed E-state index contributed by atoms with van der Waals surface area (Å²) in [4.78, 5) is 12.9. The van der Waals surface area contributed by atoms with E-state index in [0.717, 1.165) is 28.9 Å². The van der Waals surface area contributed by atoms with Gasteiger partial charge in [0.05, 0.1) is 19.6 Å². The van der Waals surface area contributed by atoms with Gasteiger partial charge in [0, 0.05) is 0 Å². The van der Waals surface area contributed by atoms with Gasteiger partial charge in [-0.1, -0.05) is 97.1 Å². The van der Waals surface area contributed by atoms with Crippen LogP contribution in [0.2, 0.25) is 0 Å². The zero-order chi connectivity index (χ0) is 22.2. The van der Waals surface area contributed by atoms with E-state index < -0.39 is 0 Å². The second kappa shape index (κ2) is 10.5. The molecule has 0 aliphatic heterocycles. The lowest BCUT2D eigenvalue weighted by Gasteiger charge is -2.20. The molecular formula is C29H27NO2. The highest BCUT2D eigenvalue weighted by Crippen LogP contribution is 2.24. The predicted octanol–water partition coefficient (Wildman–Crippen LogP) is 6.00. The van der Waals surface area contributed by atoms with Gasteiger partial charge in [-0.15, -0.1) is 0 Å². The zero-order valence-electron chi connectivity index (χ0n) is 18.2. The molecule has 0 spiro atoms. The first-order chi connectivity index (χ1) is 15.7. The number of ether oxygens (including phenoxy) is 1. The smallest absolute Gasteiger partial charge is 0.224 e. The molecule has 160 valence electrons. The number of amides is 1. The van der Waals surface area contributed by atoms with E-state index in [2.05, 4.69) is 53.8 Å². The van der Waals surface area contributed by atoms with Crippen LogP contribution in [0.5, 0.6) is 5.75 Å². The maximum Gasteiger partial charge on any atom is 0.224 e. The summed E-state index contributed by atoms with van der Waals surface area (Å²) in [5.41, 5.74) is 5.59. The first-order valence-corrected chi connectivity index (χ1v) is 10.8. The Morgan fingerprint density at radius 2 is 1.31 bits per heavy atom. The van der Waals surface area contributed by atoms with E-state index in [4.69, 9.17) is 4.74 Å². The van der Waals surface area contributed by atoms with Gasteiger partial charge in [-0.3, -0.25) is 4.79 Å². The van der Waals surface area contributed by atoms with Crippen molar-refractivity contribution in [2.24, 2.45) is 0 Å². The normalized spacial score (nSPS) is 11.5. The van der Waals surface area contributed by atoms with Crippen molar-refractivity contribution in [2.45, 2.75) is 18.9 Å². The van der Waals surface area contributed by atoms with Gasteiger partial charge in [-0.05, 0) is 46.4 Å². The van der Waals surface area contributed by atoms with Crippen molar-refractivity contribution in [3.63, 3.8) is 0 Å². The Balaban J connectivity index is 1.52. The summed E-state index contributed by atoms with van der Waals surface area (Å²) in [5, 5.41) is 3.25. The second-order valence-electron chi connectivity index (χ2n) is 7.82. The van der Waals surface area contributed by atoms with Crippen molar-refractivity contribution in [1.29, 1.82) is 0 Å². The molecule has 1 amide bonds. The van der Waals surface area contributed by atoms with E-state index in [0.29, 0.717) is 6.42 Å². The van der Waals surface area contributed by atoms with E-state index in [9.17, 15) is 4.79 Å². The quantitative estimate of drug-likeness (QED) is 0.379. The highest BCUT2D eigenvalue weighted by molar-refractivity contribution is 5.79. The van der Waals surface area contributed by atoms with E-state index in [1.807, 2.05) is 60.7 Å². The molecule has 3 nitrogen and oxygen atoms in total. The Labute approximate surface area is 189 Å². The fourth-order valence-electron chi connectivity index (χ4n) is 3.81. The average Bonchev–Trinajstić information content (AvgIpc) is 2.85. The average molecular weight is 422 g/mol. The van der Waals surface area contributed by atoms with Crippen LogP contribution in [0.1, 0.15) is 22.7 Å². The molecule has 0 saturated carbocycles. The first kappa shape index (κ1) is 21.4. The van der Waals surface area contributed by atoms with Gasteiger partial charge >= 0.3 is 0 Å². The Morgan fingerprint density at radius 3 is 1.94 bits per heavy atom. The van der Waals surface area contributed by atoms with Crippen molar-refractivity contribution in [3.8, 4) is 16.9 Å². The lowest BCUT2D eigenvalue weighted by Crippen LogP contribution is -2.31. The van der Waals surface area contributed by atoms with Crippen molar-refractivity contribution >= 4 is 5.91 Å². The largest absolute Gasteiger partial charge is 0.497 e. The van der Waals surface area contributed by atoms with E-state index in [1.165, 1.54) is 11.1 Å². The third kappa shape index (κ3) is 5.64. The van der Waals surface area contributed by atoms with E-state index >= 15 is 0 Å². The summed E-state index contributed by atoms with van der Waals surface area (Å²) in [7, 11) is 1.64. The Kier molecular flexibility index (Phi) is 6.98. The molecule has 0 saturated heterocycles. The van der Waals surface area contributed by atoms with Gasteiger partial charge in [-0.2, -0.15) is 0 Å². The number of rotatable bonds is 8. The SMILES string of the molecule is COc1ccc(CC(=O)NC(Cc2ccccc2)c2ccc(-c3ccccc3)cc2)cc1. The summed E-state index contributed by atoms with van der Waals surface area (Å²) in [5.74, 6) is 0.790. The van der Waals surface area contributed by atoms with Crippen LogP contribution in [0, 0.1) is 0 Å². The molecule has 0 aliphatic carbocycles. The molecule has 0 fully saturated rings. The third-order valence-corrected chi connectivity index (χ3v) is 5.56. The molecule has 0 bridgehead atoms. The van der Waals surface area contributed by atoms with Crippen LogP contribution in [0.25, 0.3) is 11.1 Å². The summed E-state index contributed by atoms with van der Waals surface area (Å²) < 4.78 is 5.20. The monoisotopic (exact) mass is 421 g/mol. The number of hydrogen-bond donors (Lipinski definition) is 1. The van der Waals surface area contributed by atoms with E-state index in [-0.39, 0.29) is 11.9 Å². The highest BCUT2D eigenvalue weighted by Gasteiger charge is 2.16. The van der Waals surface area contributed by atoms with Crippen LogP contribution in [0.3, 0.4) is 0 Å². The molecule has 4 aromatic carbocycles. The standard InChI is InChI=1S/C29H27NO2/c1-32-27-18-12-23(13-19-27)21-29(31)30-28(20-22-8-4-2-5-9-22)26-16-14-25(15-17-26)24-10-6-3-7-11-24/h2-19,28H,20-21H2,1H3,(H,30,31). The predicted molar refractivity (Wildman–Crippen MR) is 130 cm³/mol. The topological polar surface area (TPSA) is 38.3 Å². The molecule has 0 heterocycles. The summed E-state index contributed by atoms with van der Waals surface area (Å²) >= 11 is 0. The molecule has 0 aliphatic rings. The van der Waals surface area contributed by atoms with Crippen molar-refractivity contribution in [2.75, 3.05) is 7.11 Å². The number of nitrogens with one attached hydrogen (secondary N) is 1. The second-order valence-corrected chi connectivity index (χ2v) is 7.82. The Hall–Kier alpha value is -3.85. The Bertz CT molecular complexity index is 1120. The van der Waals surface area contributed by atoms with Crippen LogP contribution < -0.4 is 10.1 Å². The van der Waals surface area contributed by atoms with Crippen LogP contribution in [0.15, 0.2) is 109 Å². The van der Waals surface area contributed by atoms with Crippen LogP contribution in [-0.4, -0.2) is 13.0 Å². The van der Waals surface area contributed by atoms with Crippen LogP contribution in [0.4, 0.5) is 0 Å². The molecule has 1 atom stereocenters. The Morgan fingerprint density at radius 1 is 0.719 bits per heavy atom. The molecular weight excluding hydrogens is 394 g/mol. The number of hydrogen-bond acceptors (Lipinski definition) is 2. The molecule has 1 unspecified atom stereocenters. The minimum atomic E-state index is -0.104. The van der Waals surface area contributed by atoms with Gasteiger partial charge in [0.2, 0.25) is 5.91 Å². The van der Waals surface area contributed by atoms with Gasteiger partial charge in [0.15, 0.2) is 0 Å². The molecule has 4 aromatic rings. The summed E-state index contributed by atoms with van der Waals surface area (Å²) in [6.07, 6.45) is 1.07. The van der Waals surface area contributed by atoms with Crippen LogP contribution >= 0.6 is 0 Å². The van der Waals surface area contributed by atoms with E-state index in [1.54, 1.807) is 7.11 Å². The molecule has 0 radical (unpaired) electrons. The van der Waals surface area contributed by atoms with Crippen molar-refractivity contribution in [3.05, 3.63) is 126 Å². The molecule has 3 heteroatoms. The number of carbonyl (C=O) groups excluding carboxylic acids is 1. The summed E-state index contributed by atoms with van der Waals surface area (Å²) in [6, 6.07) is 36.6. The minimum absolute atomic E-state index is 0.00299. The first-order valence-electron chi connectivity index (χ1n) is 10.8. The number of carbonyl (C=O) groups is 1. The van der Waals surface area contributed by atoms with Gasteiger partial charge < -0.3 is 10.1 Å². The lowest BCUT2D eigenvalue weighted by atomic mass is 9.96. The summed E-state index contributed by atoms with van der Waals surface area (Å²) in [6.45, 7) is 0. The minimum Gasteiger partial charge on any atom is -0.497 e. The maximum absolute atomic E-state index is 12.9. The molecule has 0 aromatic heterocycles. The number of benzene rings is 4. The lowest BCUT2D eigenvalue weighted by molar-refractivity contribution is -0.121. The fourth-order valence-corrected chi connectivity index (χ4v) is 3.81. The highest BCUT2D eigenvalue weighted by atomic mass is 16.5. The molecule has 1 N–H and O–H groups in total. The fraction of sp³-hybridized carbons (Fsp3) is 0.138. The van der Waals surface area contributed by atoms with Crippen LogP contribution in [-0.2, 0) is 17.6 Å². The van der Waals surface area contributed by atoms with Crippen molar-refractivity contribution in [1.82, 2.24) is 5.32 Å². The zero-order valence-corrected chi connectivity index (χ0v) is 18.2. The number of methoxy groups -OCH3 is 1. The van der Waals surface area contributed by atoms with Crippen molar-refractivity contribution < 1.29 is 9.53 Å². The van der Waals surface area contributed by atoms with Gasteiger partial charge in [0.25, 0.3) is 0 Å². The maximum atomic E-state index is 12.9. The van der Waals surface area contributed by atoms with Gasteiger partial charge in [0.1, 0.15) is 5.75 Å². The van der Waals surface area contributed by atoms with Gasteiger partial charge in [-0.25, -0.2) is 0 Å². The molecule has 32 heavy (non-hydrogen) atoms.